The molecule has 2 heterocycles. The van der Waals surface area contributed by atoms with E-state index in [0.717, 1.165) is 32.4 Å². The van der Waals surface area contributed by atoms with Gasteiger partial charge in [-0.3, -0.25) is 4.79 Å². The average Bonchev–Trinajstić information content (AvgIpc) is 3.04. The van der Waals surface area contributed by atoms with Crippen LogP contribution in [0.1, 0.15) is 43.7 Å². The highest BCUT2D eigenvalue weighted by molar-refractivity contribution is 5.66. The maximum absolute atomic E-state index is 11.1. The van der Waals surface area contributed by atoms with E-state index in [9.17, 15) is 4.79 Å². The molecule has 22 heavy (non-hydrogen) atoms. The Balaban J connectivity index is 1.67. The summed E-state index contributed by atoms with van der Waals surface area (Å²) < 4.78 is 5.32. The first-order valence-electron chi connectivity index (χ1n) is 8.31. The van der Waals surface area contributed by atoms with Gasteiger partial charge in [0.2, 0.25) is 0 Å². The predicted octanol–water partition coefficient (Wildman–Crippen LogP) is 2.47. The van der Waals surface area contributed by atoms with E-state index < -0.39 is 0 Å². The van der Waals surface area contributed by atoms with Crippen molar-refractivity contribution in [2.24, 2.45) is 0 Å². The smallest absolute Gasteiger partial charge is 0.302 e. The SMILES string of the molecule is CCc1ccc2c(c1)C(CC1CC(OC(C)=O)CN1)CN2C. The number of hydrogen-bond acceptors (Lipinski definition) is 4. The minimum Gasteiger partial charge on any atom is -0.461 e. The lowest BCUT2D eigenvalue weighted by atomic mass is 9.91. The second kappa shape index (κ2) is 6.29. The predicted molar refractivity (Wildman–Crippen MR) is 88.4 cm³/mol. The third kappa shape index (κ3) is 3.12. The Morgan fingerprint density at radius 3 is 3.00 bits per heavy atom. The van der Waals surface area contributed by atoms with E-state index in [1.165, 1.54) is 23.7 Å². The van der Waals surface area contributed by atoms with Gasteiger partial charge in [-0.15, -0.1) is 0 Å². The van der Waals surface area contributed by atoms with E-state index in [1.54, 1.807) is 0 Å². The van der Waals surface area contributed by atoms with Crippen molar-refractivity contribution in [3.63, 3.8) is 0 Å². The number of hydrogen-bond donors (Lipinski definition) is 1. The van der Waals surface area contributed by atoms with Gasteiger partial charge in [0.25, 0.3) is 0 Å². The fourth-order valence-electron chi connectivity index (χ4n) is 3.86. The van der Waals surface area contributed by atoms with E-state index in [2.05, 4.69) is 42.4 Å². The molecule has 3 rings (SSSR count). The number of aryl methyl sites for hydroxylation is 1. The molecular weight excluding hydrogens is 276 g/mol. The van der Waals surface area contributed by atoms with Crippen LogP contribution in [0, 0.1) is 0 Å². The number of fused-ring (bicyclic) bond motifs is 1. The molecule has 0 aromatic heterocycles. The standard InChI is InChI=1S/C18H26N2O2/c1-4-13-5-6-18-17(7-13)14(11-20(18)3)8-15-9-16(10-19-15)22-12(2)21/h5-7,14-16,19H,4,8-11H2,1-3H3. The molecule has 0 amide bonds. The maximum atomic E-state index is 11.1. The van der Waals surface area contributed by atoms with Crippen molar-refractivity contribution >= 4 is 11.7 Å². The zero-order valence-corrected chi connectivity index (χ0v) is 13.8. The minimum atomic E-state index is -0.175. The van der Waals surface area contributed by atoms with Gasteiger partial charge in [0.05, 0.1) is 0 Å². The lowest BCUT2D eigenvalue weighted by molar-refractivity contribution is -0.145. The number of likely N-dealkylation sites (N-methyl/N-ethyl adjacent to an activating group) is 1. The van der Waals surface area contributed by atoms with E-state index in [0.29, 0.717) is 12.0 Å². The fourth-order valence-corrected chi connectivity index (χ4v) is 3.86. The van der Waals surface area contributed by atoms with Crippen LogP contribution in [0.15, 0.2) is 18.2 Å². The Kier molecular flexibility index (Phi) is 4.39. The second-order valence-electron chi connectivity index (χ2n) is 6.63. The van der Waals surface area contributed by atoms with Crippen LogP contribution in [0.2, 0.25) is 0 Å². The monoisotopic (exact) mass is 302 g/mol. The molecule has 1 fully saturated rings. The highest BCUT2D eigenvalue weighted by atomic mass is 16.5. The van der Waals surface area contributed by atoms with Crippen molar-refractivity contribution in [2.75, 3.05) is 25.0 Å². The number of rotatable bonds is 4. The molecule has 3 atom stereocenters. The number of benzene rings is 1. The van der Waals surface area contributed by atoms with Gasteiger partial charge in [0, 0.05) is 51.1 Å². The van der Waals surface area contributed by atoms with Crippen LogP contribution >= 0.6 is 0 Å². The Hall–Kier alpha value is -1.55. The number of carbonyl (C=O) groups is 1. The molecule has 1 N–H and O–H groups in total. The van der Waals surface area contributed by atoms with Gasteiger partial charge < -0.3 is 15.0 Å². The molecule has 1 aromatic carbocycles. The van der Waals surface area contributed by atoms with Gasteiger partial charge in [0.15, 0.2) is 0 Å². The van der Waals surface area contributed by atoms with Gasteiger partial charge >= 0.3 is 5.97 Å². The molecular formula is C18H26N2O2. The average molecular weight is 302 g/mol. The van der Waals surface area contributed by atoms with Crippen LogP contribution in [0.25, 0.3) is 0 Å². The third-order valence-corrected chi connectivity index (χ3v) is 4.93. The van der Waals surface area contributed by atoms with Crippen LogP contribution in [-0.4, -0.2) is 38.3 Å². The van der Waals surface area contributed by atoms with Gasteiger partial charge in [-0.25, -0.2) is 0 Å². The van der Waals surface area contributed by atoms with Crippen molar-refractivity contribution in [3.05, 3.63) is 29.3 Å². The van der Waals surface area contributed by atoms with Crippen LogP contribution < -0.4 is 10.2 Å². The van der Waals surface area contributed by atoms with Crippen molar-refractivity contribution in [3.8, 4) is 0 Å². The van der Waals surface area contributed by atoms with Crippen molar-refractivity contribution < 1.29 is 9.53 Å². The van der Waals surface area contributed by atoms with Crippen LogP contribution in [0.3, 0.4) is 0 Å². The van der Waals surface area contributed by atoms with E-state index in [-0.39, 0.29) is 12.1 Å². The molecule has 4 nitrogen and oxygen atoms in total. The summed E-state index contributed by atoms with van der Waals surface area (Å²) in [5, 5.41) is 3.52. The second-order valence-corrected chi connectivity index (χ2v) is 6.63. The molecule has 0 aliphatic carbocycles. The highest BCUT2D eigenvalue weighted by Crippen LogP contribution is 2.39. The Morgan fingerprint density at radius 1 is 1.45 bits per heavy atom. The number of ether oxygens (including phenoxy) is 1. The first kappa shape index (κ1) is 15.3. The lowest BCUT2D eigenvalue weighted by Gasteiger charge is -2.17. The van der Waals surface area contributed by atoms with E-state index in [4.69, 9.17) is 4.74 Å². The highest BCUT2D eigenvalue weighted by Gasteiger charge is 2.33. The lowest BCUT2D eigenvalue weighted by Crippen LogP contribution is -2.25. The Labute approximate surface area is 132 Å². The Morgan fingerprint density at radius 2 is 2.27 bits per heavy atom. The number of esters is 1. The molecule has 3 unspecified atom stereocenters. The van der Waals surface area contributed by atoms with Gasteiger partial charge in [-0.1, -0.05) is 19.1 Å². The number of anilines is 1. The molecule has 0 radical (unpaired) electrons. The van der Waals surface area contributed by atoms with Crippen LogP contribution in [0.4, 0.5) is 5.69 Å². The summed E-state index contributed by atoms with van der Waals surface area (Å²) in [5.74, 6) is 0.395. The summed E-state index contributed by atoms with van der Waals surface area (Å²) in [4.78, 5) is 13.4. The van der Waals surface area contributed by atoms with Crippen molar-refractivity contribution in [2.45, 2.75) is 51.2 Å². The molecule has 0 spiro atoms. The maximum Gasteiger partial charge on any atom is 0.302 e. The fraction of sp³-hybridized carbons (Fsp3) is 0.611. The van der Waals surface area contributed by atoms with Crippen molar-refractivity contribution in [1.82, 2.24) is 5.32 Å². The molecule has 4 heteroatoms. The summed E-state index contributed by atoms with van der Waals surface area (Å²) >= 11 is 0. The normalized spacial score (nSPS) is 27.0. The summed E-state index contributed by atoms with van der Waals surface area (Å²) in [6, 6.07) is 7.32. The summed E-state index contributed by atoms with van der Waals surface area (Å²) in [5.41, 5.74) is 4.27. The first-order valence-corrected chi connectivity index (χ1v) is 8.31. The van der Waals surface area contributed by atoms with Crippen LogP contribution in [0.5, 0.6) is 0 Å². The quantitative estimate of drug-likeness (QED) is 0.868. The molecule has 2 aliphatic rings. The zero-order chi connectivity index (χ0) is 15.7. The topological polar surface area (TPSA) is 41.6 Å². The minimum absolute atomic E-state index is 0.0445. The van der Waals surface area contributed by atoms with Gasteiger partial charge in [-0.2, -0.15) is 0 Å². The third-order valence-electron chi connectivity index (χ3n) is 4.93. The summed E-state index contributed by atoms with van der Waals surface area (Å²) in [6.45, 7) is 5.56. The number of nitrogens with one attached hydrogen (secondary N) is 1. The molecule has 1 saturated heterocycles. The summed E-state index contributed by atoms with van der Waals surface area (Å²) in [6.07, 6.45) is 3.17. The molecule has 0 bridgehead atoms. The largest absolute Gasteiger partial charge is 0.461 e. The van der Waals surface area contributed by atoms with Crippen LogP contribution in [-0.2, 0) is 16.0 Å². The molecule has 0 saturated carbocycles. The first-order chi connectivity index (χ1) is 10.6. The molecule has 1 aromatic rings. The van der Waals surface area contributed by atoms with Crippen molar-refractivity contribution in [1.29, 1.82) is 0 Å². The Bertz CT molecular complexity index is 558. The van der Waals surface area contributed by atoms with E-state index in [1.807, 2.05) is 0 Å². The number of nitrogens with zero attached hydrogens (tertiary/aromatic N) is 1. The zero-order valence-electron chi connectivity index (χ0n) is 13.8. The number of carbonyl (C=O) groups excluding carboxylic acids is 1. The van der Waals surface area contributed by atoms with Gasteiger partial charge in [0.1, 0.15) is 6.10 Å². The summed E-state index contributed by atoms with van der Waals surface area (Å²) in [7, 11) is 2.17. The molecule has 120 valence electrons. The van der Waals surface area contributed by atoms with Gasteiger partial charge in [-0.05, 0) is 30.0 Å². The molecule has 2 aliphatic heterocycles. The van der Waals surface area contributed by atoms with E-state index >= 15 is 0 Å².